The number of nitrogens with one attached hydrogen (secondary N) is 2. The van der Waals surface area contributed by atoms with Gasteiger partial charge in [-0.05, 0) is 49.7 Å². The van der Waals surface area contributed by atoms with Crippen molar-refractivity contribution in [2.24, 2.45) is 0 Å². The van der Waals surface area contributed by atoms with Crippen LogP contribution in [0.1, 0.15) is 35.9 Å². The molecule has 1 aromatic carbocycles. The Balaban J connectivity index is 1.96. The summed E-state index contributed by atoms with van der Waals surface area (Å²) in [5, 5.41) is 11.3. The first-order valence-corrected chi connectivity index (χ1v) is 9.41. The molecule has 0 radical (unpaired) electrons. The summed E-state index contributed by atoms with van der Waals surface area (Å²) in [5.74, 6) is -0.835. The summed E-state index contributed by atoms with van der Waals surface area (Å²) in [6.45, 7) is 1.73. The van der Waals surface area contributed by atoms with Gasteiger partial charge >= 0.3 is 5.97 Å². The third-order valence-corrected chi connectivity index (χ3v) is 5.03. The van der Waals surface area contributed by atoms with E-state index in [2.05, 4.69) is 10.0 Å². The van der Waals surface area contributed by atoms with Crippen molar-refractivity contribution in [3.8, 4) is 0 Å². The molecule has 0 fully saturated rings. The number of carbonyl (C=O) groups excluding carboxylic acids is 1. The Hall–Kier alpha value is -2.65. The molecular formula is C17H20N2O6S. The Bertz CT molecular complexity index is 844. The van der Waals surface area contributed by atoms with Crippen molar-refractivity contribution >= 4 is 21.9 Å². The quantitative estimate of drug-likeness (QED) is 0.608. The minimum absolute atomic E-state index is 0.0265. The van der Waals surface area contributed by atoms with Crippen LogP contribution < -0.4 is 10.0 Å². The third-order valence-electron chi connectivity index (χ3n) is 3.61. The number of amides is 1. The highest BCUT2D eigenvalue weighted by Crippen LogP contribution is 2.12. The molecule has 9 heteroatoms. The van der Waals surface area contributed by atoms with Crippen LogP contribution in [0.5, 0.6) is 0 Å². The molecule has 8 nitrogen and oxygen atoms in total. The zero-order chi connectivity index (χ0) is 19.2. The lowest BCUT2D eigenvalue weighted by Crippen LogP contribution is -2.33. The predicted molar refractivity (Wildman–Crippen MR) is 93.0 cm³/mol. The monoisotopic (exact) mass is 380 g/mol. The zero-order valence-electron chi connectivity index (χ0n) is 14.1. The molecule has 1 atom stereocenters. The van der Waals surface area contributed by atoms with E-state index in [1.807, 2.05) is 0 Å². The van der Waals surface area contributed by atoms with Crippen molar-refractivity contribution in [2.45, 2.75) is 37.2 Å². The number of hydrogen-bond acceptors (Lipinski definition) is 5. The first kappa shape index (κ1) is 19.7. The van der Waals surface area contributed by atoms with Gasteiger partial charge in [0.2, 0.25) is 10.0 Å². The molecule has 0 aliphatic carbocycles. The van der Waals surface area contributed by atoms with Crippen molar-refractivity contribution < 1.29 is 27.5 Å². The summed E-state index contributed by atoms with van der Waals surface area (Å²) in [6, 6.07) is 8.48. The molecule has 1 unspecified atom stereocenters. The van der Waals surface area contributed by atoms with Gasteiger partial charge in [-0.1, -0.05) is 0 Å². The van der Waals surface area contributed by atoms with E-state index in [4.69, 9.17) is 9.52 Å². The van der Waals surface area contributed by atoms with Gasteiger partial charge < -0.3 is 14.8 Å². The number of rotatable bonds is 9. The number of carbonyl (C=O) groups is 2. The average Bonchev–Trinajstić information content (AvgIpc) is 3.12. The standard InChI is InChI=1S/C17H20N2O6S/c1-12(4-9-16(20)21)19-17(22)13-5-7-15(8-6-13)26(23,24)18-11-14-3-2-10-25-14/h2-3,5-8,10,12,18H,4,9,11H2,1H3,(H,19,22)(H,20,21). The van der Waals surface area contributed by atoms with Crippen molar-refractivity contribution in [3.63, 3.8) is 0 Å². The predicted octanol–water partition coefficient (Wildman–Crippen LogP) is 1.74. The van der Waals surface area contributed by atoms with E-state index in [9.17, 15) is 18.0 Å². The van der Waals surface area contributed by atoms with Crippen LogP contribution >= 0.6 is 0 Å². The van der Waals surface area contributed by atoms with E-state index in [1.165, 1.54) is 30.5 Å². The Morgan fingerprint density at radius 3 is 2.46 bits per heavy atom. The van der Waals surface area contributed by atoms with Gasteiger partial charge in [-0.25, -0.2) is 13.1 Å². The molecular weight excluding hydrogens is 360 g/mol. The van der Waals surface area contributed by atoms with Crippen LogP contribution in [0.2, 0.25) is 0 Å². The molecule has 0 saturated heterocycles. The highest BCUT2D eigenvalue weighted by Gasteiger charge is 2.16. The van der Waals surface area contributed by atoms with Crippen molar-refractivity contribution in [2.75, 3.05) is 0 Å². The molecule has 0 spiro atoms. The lowest BCUT2D eigenvalue weighted by Gasteiger charge is -2.13. The van der Waals surface area contributed by atoms with Gasteiger partial charge in [-0.2, -0.15) is 0 Å². The molecule has 1 amide bonds. The Kier molecular flexibility index (Phi) is 6.53. The topological polar surface area (TPSA) is 126 Å². The summed E-state index contributed by atoms with van der Waals surface area (Å²) >= 11 is 0. The summed E-state index contributed by atoms with van der Waals surface area (Å²) in [7, 11) is -3.73. The minimum Gasteiger partial charge on any atom is -0.481 e. The number of carboxylic acid groups (broad SMARTS) is 1. The Labute approximate surface area is 151 Å². The second-order valence-electron chi connectivity index (χ2n) is 5.74. The molecule has 0 saturated carbocycles. The summed E-state index contributed by atoms with van der Waals surface area (Å²) in [5.41, 5.74) is 0.289. The largest absolute Gasteiger partial charge is 0.481 e. The van der Waals surface area contributed by atoms with Crippen LogP contribution in [-0.4, -0.2) is 31.4 Å². The maximum Gasteiger partial charge on any atom is 0.303 e. The number of sulfonamides is 1. The fourth-order valence-electron chi connectivity index (χ4n) is 2.17. The highest BCUT2D eigenvalue weighted by atomic mass is 32.2. The molecule has 0 aliphatic rings. The SMILES string of the molecule is CC(CCC(=O)O)NC(=O)c1ccc(S(=O)(=O)NCc2ccco2)cc1. The second kappa shape index (κ2) is 8.63. The van der Waals surface area contributed by atoms with Gasteiger partial charge in [0, 0.05) is 18.0 Å². The summed E-state index contributed by atoms with van der Waals surface area (Å²) < 4.78 is 31.9. The summed E-state index contributed by atoms with van der Waals surface area (Å²) in [6.07, 6.45) is 1.72. The van der Waals surface area contributed by atoms with Crippen molar-refractivity contribution in [3.05, 3.63) is 54.0 Å². The second-order valence-corrected chi connectivity index (χ2v) is 7.50. The number of benzene rings is 1. The maximum atomic E-state index is 12.2. The van der Waals surface area contributed by atoms with E-state index in [0.717, 1.165) is 0 Å². The van der Waals surface area contributed by atoms with Gasteiger partial charge in [0.15, 0.2) is 0 Å². The maximum absolute atomic E-state index is 12.2. The van der Waals surface area contributed by atoms with E-state index < -0.39 is 21.9 Å². The van der Waals surface area contributed by atoms with Crippen molar-refractivity contribution in [1.82, 2.24) is 10.0 Å². The van der Waals surface area contributed by atoms with Crippen molar-refractivity contribution in [1.29, 1.82) is 0 Å². The van der Waals surface area contributed by atoms with Crippen LogP contribution in [0.25, 0.3) is 0 Å². The van der Waals surface area contributed by atoms with Gasteiger partial charge in [-0.15, -0.1) is 0 Å². The molecule has 3 N–H and O–H groups in total. The van der Waals surface area contributed by atoms with Crippen LogP contribution in [0.3, 0.4) is 0 Å². The lowest BCUT2D eigenvalue weighted by molar-refractivity contribution is -0.137. The molecule has 1 aromatic heterocycles. The lowest BCUT2D eigenvalue weighted by atomic mass is 10.1. The van der Waals surface area contributed by atoms with Gasteiger partial charge in [-0.3, -0.25) is 9.59 Å². The van der Waals surface area contributed by atoms with Crippen LogP contribution in [0.4, 0.5) is 0 Å². The van der Waals surface area contributed by atoms with Crippen LogP contribution in [0, 0.1) is 0 Å². The normalized spacial score (nSPS) is 12.5. The average molecular weight is 380 g/mol. The molecule has 0 bridgehead atoms. The van der Waals surface area contributed by atoms with E-state index in [-0.39, 0.29) is 29.5 Å². The minimum atomic E-state index is -3.73. The first-order chi connectivity index (χ1) is 12.3. The number of furan rings is 1. The highest BCUT2D eigenvalue weighted by molar-refractivity contribution is 7.89. The molecule has 0 aliphatic heterocycles. The molecule has 1 heterocycles. The molecule has 2 aromatic rings. The van der Waals surface area contributed by atoms with Gasteiger partial charge in [0.05, 0.1) is 17.7 Å². The van der Waals surface area contributed by atoms with Gasteiger partial charge in [0.25, 0.3) is 5.91 Å². The number of aliphatic carboxylic acids is 1. The van der Waals surface area contributed by atoms with Crippen LogP contribution in [0.15, 0.2) is 52.0 Å². The van der Waals surface area contributed by atoms with Crippen LogP contribution in [-0.2, 0) is 21.4 Å². The third kappa shape index (κ3) is 5.71. The molecule has 2 rings (SSSR count). The van der Waals surface area contributed by atoms with E-state index >= 15 is 0 Å². The molecule has 26 heavy (non-hydrogen) atoms. The zero-order valence-corrected chi connectivity index (χ0v) is 15.0. The Morgan fingerprint density at radius 1 is 1.19 bits per heavy atom. The fourth-order valence-corrected chi connectivity index (χ4v) is 3.16. The first-order valence-electron chi connectivity index (χ1n) is 7.92. The van der Waals surface area contributed by atoms with Gasteiger partial charge in [0.1, 0.15) is 5.76 Å². The Morgan fingerprint density at radius 2 is 1.88 bits per heavy atom. The van der Waals surface area contributed by atoms with E-state index in [1.54, 1.807) is 19.1 Å². The van der Waals surface area contributed by atoms with E-state index in [0.29, 0.717) is 12.2 Å². The number of carboxylic acids is 1. The summed E-state index contributed by atoms with van der Waals surface area (Å²) in [4.78, 5) is 22.7. The fraction of sp³-hybridized carbons (Fsp3) is 0.294. The smallest absolute Gasteiger partial charge is 0.303 e. The number of hydrogen-bond donors (Lipinski definition) is 3. The molecule has 140 valence electrons.